The average molecular weight is 238 g/mol. The Labute approximate surface area is 101 Å². The lowest BCUT2D eigenvalue weighted by molar-refractivity contribution is -0.129. The van der Waals surface area contributed by atoms with Gasteiger partial charge >= 0.3 is 0 Å². The number of hydrogen-bond donors (Lipinski definition) is 0. The highest BCUT2D eigenvalue weighted by atomic mass is 35.5. The number of carbonyl (C=O) groups excluding carboxylic acids is 1. The zero-order chi connectivity index (χ0) is 11.5. The molecule has 0 N–H and O–H groups in total. The fourth-order valence-electron chi connectivity index (χ4n) is 2.37. The molecule has 1 amide bonds. The van der Waals surface area contributed by atoms with Crippen molar-refractivity contribution in [3.63, 3.8) is 0 Å². The van der Waals surface area contributed by atoms with Crippen LogP contribution < -0.4 is 0 Å². The number of rotatable bonds is 2. The normalized spacial score (nSPS) is 20.1. The molecule has 1 aliphatic rings. The molecule has 3 heteroatoms. The number of nitrogens with zero attached hydrogens (tertiary/aromatic N) is 1. The van der Waals surface area contributed by atoms with Crippen LogP contribution in [0.1, 0.15) is 30.0 Å². The van der Waals surface area contributed by atoms with E-state index in [0.29, 0.717) is 0 Å². The summed E-state index contributed by atoms with van der Waals surface area (Å²) >= 11 is 5.62. The van der Waals surface area contributed by atoms with Crippen LogP contribution in [0.4, 0.5) is 0 Å². The summed E-state index contributed by atoms with van der Waals surface area (Å²) in [5.41, 5.74) is 2.47. The van der Waals surface area contributed by atoms with E-state index in [1.54, 1.807) is 0 Å². The molecule has 86 valence electrons. The second-order valence-electron chi connectivity index (χ2n) is 4.29. The molecule has 1 aromatic rings. The summed E-state index contributed by atoms with van der Waals surface area (Å²) < 4.78 is 0. The van der Waals surface area contributed by atoms with Crippen LogP contribution >= 0.6 is 11.6 Å². The molecule has 2 rings (SSSR count). The van der Waals surface area contributed by atoms with E-state index in [9.17, 15) is 4.79 Å². The summed E-state index contributed by atoms with van der Waals surface area (Å²) in [6.07, 6.45) is 2.12. The maximum absolute atomic E-state index is 11.7. The van der Waals surface area contributed by atoms with Crippen molar-refractivity contribution in [3.8, 4) is 0 Å². The Hall–Kier alpha value is -1.02. The number of likely N-dealkylation sites (tertiary alicyclic amines) is 1. The first-order chi connectivity index (χ1) is 7.72. The van der Waals surface area contributed by atoms with Crippen LogP contribution in [-0.4, -0.2) is 23.2 Å². The lowest BCUT2D eigenvalue weighted by Gasteiger charge is -2.24. The zero-order valence-corrected chi connectivity index (χ0v) is 10.2. The second kappa shape index (κ2) is 4.88. The summed E-state index contributed by atoms with van der Waals surface area (Å²) in [5.74, 6) is 0.133. The van der Waals surface area contributed by atoms with Crippen LogP contribution in [0.25, 0.3) is 0 Å². The highest BCUT2D eigenvalue weighted by Crippen LogP contribution is 2.32. The molecule has 0 saturated carbocycles. The molecule has 1 heterocycles. The Morgan fingerprint density at radius 3 is 3.06 bits per heavy atom. The minimum atomic E-state index is 0.0469. The third-order valence-electron chi connectivity index (χ3n) is 3.11. The molecule has 0 radical (unpaired) electrons. The molecule has 0 spiro atoms. The van der Waals surface area contributed by atoms with Gasteiger partial charge in [-0.15, -0.1) is 11.6 Å². The maximum Gasteiger partial charge on any atom is 0.238 e. The van der Waals surface area contributed by atoms with Gasteiger partial charge in [0.25, 0.3) is 0 Å². The van der Waals surface area contributed by atoms with Crippen molar-refractivity contribution in [2.75, 3.05) is 12.4 Å². The molecular weight excluding hydrogens is 222 g/mol. The van der Waals surface area contributed by atoms with Crippen molar-refractivity contribution in [2.45, 2.75) is 25.8 Å². The van der Waals surface area contributed by atoms with Crippen LogP contribution in [-0.2, 0) is 4.79 Å². The average Bonchev–Trinajstić information content (AvgIpc) is 2.77. The molecule has 1 aromatic carbocycles. The first-order valence-corrected chi connectivity index (χ1v) is 6.18. The number of carbonyl (C=O) groups is 1. The summed E-state index contributed by atoms with van der Waals surface area (Å²) in [7, 11) is 0. The number of benzene rings is 1. The Morgan fingerprint density at radius 1 is 1.56 bits per heavy atom. The number of halogens is 1. The summed E-state index contributed by atoms with van der Waals surface area (Å²) in [5, 5.41) is 0. The lowest BCUT2D eigenvalue weighted by Crippen LogP contribution is -2.31. The van der Waals surface area contributed by atoms with Gasteiger partial charge in [-0.25, -0.2) is 0 Å². The van der Waals surface area contributed by atoms with E-state index in [2.05, 4.69) is 25.1 Å². The Kier molecular flexibility index (Phi) is 3.49. The lowest BCUT2D eigenvalue weighted by atomic mass is 10.0. The van der Waals surface area contributed by atoms with Crippen LogP contribution in [0.3, 0.4) is 0 Å². The van der Waals surface area contributed by atoms with E-state index in [0.717, 1.165) is 19.4 Å². The molecule has 1 atom stereocenters. The highest BCUT2D eigenvalue weighted by Gasteiger charge is 2.29. The van der Waals surface area contributed by atoms with Gasteiger partial charge in [0.1, 0.15) is 5.88 Å². The third kappa shape index (κ3) is 2.22. The molecule has 0 aromatic heterocycles. The zero-order valence-electron chi connectivity index (χ0n) is 9.45. The van der Waals surface area contributed by atoms with Gasteiger partial charge in [0.2, 0.25) is 5.91 Å². The van der Waals surface area contributed by atoms with E-state index in [1.807, 2.05) is 11.0 Å². The largest absolute Gasteiger partial charge is 0.335 e. The molecule has 1 saturated heterocycles. The van der Waals surface area contributed by atoms with Crippen LogP contribution in [0.2, 0.25) is 0 Å². The van der Waals surface area contributed by atoms with Crippen molar-refractivity contribution in [2.24, 2.45) is 0 Å². The first-order valence-electron chi connectivity index (χ1n) is 5.64. The Morgan fingerprint density at radius 2 is 2.38 bits per heavy atom. The van der Waals surface area contributed by atoms with Crippen LogP contribution in [0.5, 0.6) is 0 Å². The SMILES string of the molecule is Cc1cccc(C2CCCN2C(=O)CCl)c1. The van der Waals surface area contributed by atoms with Gasteiger partial charge < -0.3 is 4.90 Å². The number of alkyl halides is 1. The van der Waals surface area contributed by atoms with Crippen molar-refractivity contribution in [1.82, 2.24) is 4.90 Å². The summed E-state index contributed by atoms with van der Waals surface area (Å²) in [4.78, 5) is 13.6. The van der Waals surface area contributed by atoms with E-state index >= 15 is 0 Å². The molecular formula is C13H16ClNO. The van der Waals surface area contributed by atoms with E-state index < -0.39 is 0 Å². The number of amides is 1. The Balaban J connectivity index is 2.23. The van der Waals surface area contributed by atoms with Gasteiger partial charge in [-0.05, 0) is 25.3 Å². The quantitative estimate of drug-likeness (QED) is 0.725. The molecule has 0 aliphatic carbocycles. The van der Waals surface area contributed by atoms with Crippen molar-refractivity contribution in [1.29, 1.82) is 0 Å². The van der Waals surface area contributed by atoms with Gasteiger partial charge in [0.05, 0.1) is 6.04 Å². The maximum atomic E-state index is 11.7. The topological polar surface area (TPSA) is 20.3 Å². The summed E-state index contributed by atoms with van der Waals surface area (Å²) in [6, 6.07) is 8.60. The van der Waals surface area contributed by atoms with E-state index in [4.69, 9.17) is 11.6 Å². The minimum Gasteiger partial charge on any atom is -0.335 e. The smallest absolute Gasteiger partial charge is 0.238 e. The summed E-state index contributed by atoms with van der Waals surface area (Å²) in [6.45, 7) is 2.91. The van der Waals surface area contributed by atoms with E-state index in [1.165, 1.54) is 11.1 Å². The van der Waals surface area contributed by atoms with Crippen LogP contribution in [0.15, 0.2) is 24.3 Å². The van der Waals surface area contributed by atoms with Gasteiger partial charge in [0.15, 0.2) is 0 Å². The molecule has 16 heavy (non-hydrogen) atoms. The predicted molar refractivity (Wildman–Crippen MR) is 65.6 cm³/mol. The Bertz CT molecular complexity index is 391. The van der Waals surface area contributed by atoms with Gasteiger partial charge in [-0.3, -0.25) is 4.79 Å². The molecule has 1 fully saturated rings. The fourth-order valence-corrected chi connectivity index (χ4v) is 2.52. The molecule has 2 nitrogen and oxygen atoms in total. The third-order valence-corrected chi connectivity index (χ3v) is 3.34. The first kappa shape index (κ1) is 11.5. The standard InChI is InChI=1S/C13H16ClNO/c1-10-4-2-5-11(8-10)12-6-3-7-15(12)13(16)9-14/h2,4-5,8,12H,3,6-7,9H2,1H3. The van der Waals surface area contributed by atoms with Gasteiger partial charge in [-0.1, -0.05) is 29.8 Å². The molecule has 0 bridgehead atoms. The minimum absolute atomic E-state index is 0.0469. The number of hydrogen-bond acceptors (Lipinski definition) is 1. The monoisotopic (exact) mass is 237 g/mol. The van der Waals surface area contributed by atoms with Crippen molar-refractivity contribution >= 4 is 17.5 Å². The second-order valence-corrected chi connectivity index (χ2v) is 4.56. The van der Waals surface area contributed by atoms with E-state index in [-0.39, 0.29) is 17.8 Å². The number of aryl methyl sites for hydroxylation is 1. The fraction of sp³-hybridized carbons (Fsp3) is 0.462. The highest BCUT2D eigenvalue weighted by molar-refractivity contribution is 6.27. The molecule has 1 unspecified atom stereocenters. The van der Waals surface area contributed by atoms with Gasteiger partial charge in [0, 0.05) is 6.54 Å². The molecule has 1 aliphatic heterocycles. The van der Waals surface area contributed by atoms with Crippen LogP contribution in [0, 0.1) is 6.92 Å². The van der Waals surface area contributed by atoms with Crippen molar-refractivity contribution < 1.29 is 4.79 Å². The van der Waals surface area contributed by atoms with Crippen molar-refractivity contribution in [3.05, 3.63) is 35.4 Å². The van der Waals surface area contributed by atoms with Gasteiger partial charge in [-0.2, -0.15) is 0 Å². The predicted octanol–water partition coefficient (Wildman–Crippen LogP) is 2.90.